The van der Waals surface area contributed by atoms with Crippen molar-refractivity contribution < 1.29 is 19.4 Å². The molecule has 3 aliphatic heterocycles. The predicted octanol–water partition coefficient (Wildman–Crippen LogP) is 1.68. The van der Waals surface area contributed by atoms with E-state index >= 15 is 0 Å². The Kier molecular flexibility index (Phi) is 5.92. The van der Waals surface area contributed by atoms with E-state index < -0.39 is 18.2 Å². The van der Waals surface area contributed by atoms with Gasteiger partial charge >= 0.3 is 6.03 Å². The first-order valence-corrected chi connectivity index (χ1v) is 10.6. The first-order chi connectivity index (χ1) is 14.9. The van der Waals surface area contributed by atoms with Crippen molar-refractivity contribution in [1.29, 1.82) is 0 Å². The van der Waals surface area contributed by atoms with Crippen molar-refractivity contribution in [3.63, 3.8) is 0 Å². The number of carbonyl (C=O) groups excluding carboxylic acids is 2. The van der Waals surface area contributed by atoms with Gasteiger partial charge in [0, 0.05) is 30.0 Å². The second-order valence-electron chi connectivity index (χ2n) is 7.73. The third-order valence-electron chi connectivity index (χ3n) is 5.98. The van der Waals surface area contributed by atoms with Gasteiger partial charge in [-0.2, -0.15) is 0 Å². The molecular formula is C21H26ClN5O4. The van der Waals surface area contributed by atoms with Gasteiger partial charge < -0.3 is 19.6 Å². The van der Waals surface area contributed by atoms with Crippen LogP contribution < -0.4 is 0 Å². The fourth-order valence-corrected chi connectivity index (χ4v) is 4.41. The monoisotopic (exact) mass is 447 g/mol. The first kappa shape index (κ1) is 21.6. The van der Waals surface area contributed by atoms with Crippen LogP contribution in [0.3, 0.4) is 0 Å². The summed E-state index contributed by atoms with van der Waals surface area (Å²) < 4.78 is 5.41. The Bertz CT molecular complexity index is 965. The van der Waals surface area contributed by atoms with Crippen molar-refractivity contribution in [2.45, 2.75) is 32.6 Å². The highest BCUT2D eigenvalue weighted by Crippen LogP contribution is 2.38. The Hall–Kier alpha value is -2.62. The summed E-state index contributed by atoms with van der Waals surface area (Å²) in [6.07, 6.45) is -0.596. The number of ether oxygens (including phenoxy) is 1. The maximum Gasteiger partial charge on any atom is 0.328 e. The lowest BCUT2D eigenvalue weighted by molar-refractivity contribution is -0.137. The molecule has 10 heteroatoms. The molecule has 0 aromatic heterocycles. The normalized spacial score (nSPS) is 23.1. The zero-order chi connectivity index (χ0) is 22.3. The summed E-state index contributed by atoms with van der Waals surface area (Å²) in [4.78, 5) is 37.9. The highest BCUT2D eigenvalue weighted by Gasteiger charge is 2.55. The van der Waals surface area contributed by atoms with Gasteiger partial charge in [-0.15, -0.1) is 0 Å². The summed E-state index contributed by atoms with van der Waals surface area (Å²) in [7, 11) is 1.67. The number of carbonyl (C=O) groups is 2. The summed E-state index contributed by atoms with van der Waals surface area (Å²) >= 11 is 6.27. The topological polar surface area (TPSA) is 88.9 Å². The molecule has 0 saturated carbocycles. The predicted molar refractivity (Wildman–Crippen MR) is 115 cm³/mol. The van der Waals surface area contributed by atoms with Crippen LogP contribution in [0.15, 0.2) is 40.7 Å². The van der Waals surface area contributed by atoms with E-state index in [9.17, 15) is 9.59 Å². The Morgan fingerprint density at radius 1 is 1.13 bits per heavy atom. The van der Waals surface area contributed by atoms with Crippen molar-refractivity contribution in [2.75, 3.05) is 33.4 Å². The number of urea groups is 1. The van der Waals surface area contributed by atoms with Gasteiger partial charge in [-0.05, 0) is 25.5 Å². The molecule has 2 atom stereocenters. The number of benzene rings is 1. The van der Waals surface area contributed by atoms with E-state index in [-0.39, 0.29) is 25.7 Å². The smallest absolute Gasteiger partial charge is 0.328 e. The molecule has 1 fully saturated rings. The van der Waals surface area contributed by atoms with Crippen LogP contribution in [0.25, 0.3) is 0 Å². The minimum Gasteiger partial charge on any atom is -0.394 e. The molecule has 31 heavy (non-hydrogen) atoms. The first-order valence-electron chi connectivity index (χ1n) is 10.2. The highest BCUT2D eigenvalue weighted by molar-refractivity contribution is 6.31. The van der Waals surface area contributed by atoms with Gasteiger partial charge in [0.05, 0.1) is 26.4 Å². The third kappa shape index (κ3) is 3.56. The summed E-state index contributed by atoms with van der Waals surface area (Å²) in [5, 5.41) is 9.42. The molecular weight excluding hydrogens is 422 g/mol. The van der Waals surface area contributed by atoms with E-state index in [2.05, 4.69) is 0 Å². The molecule has 3 amide bonds. The number of aliphatic hydroxyl groups is 1. The molecule has 1 N–H and O–H groups in total. The third-order valence-corrected chi connectivity index (χ3v) is 6.35. The number of guanidine groups is 1. The fraction of sp³-hybridized carbons (Fsp3) is 0.476. The zero-order valence-corrected chi connectivity index (χ0v) is 18.5. The van der Waals surface area contributed by atoms with Gasteiger partial charge in [0.25, 0.3) is 5.91 Å². The quantitative estimate of drug-likeness (QED) is 0.640. The van der Waals surface area contributed by atoms with Crippen LogP contribution in [0.1, 0.15) is 19.4 Å². The summed E-state index contributed by atoms with van der Waals surface area (Å²) in [5.41, 5.74) is 2.61. The SMILES string of the molecule is CC1=C(C)N2C(=NC3C2C(=O)N(Cc2ccccc2Cl)C(=O)N3C)N1CCOCCO. The highest BCUT2D eigenvalue weighted by atomic mass is 35.5. The average Bonchev–Trinajstić information content (AvgIpc) is 3.25. The van der Waals surface area contributed by atoms with Gasteiger partial charge in [0.1, 0.15) is 0 Å². The molecule has 2 unspecified atom stereocenters. The number of hydrogen-bond donors (Lipinski definition) is 1. The van der Waals surface area contributed by atoms with E-state index in [1.165, 1.54) is 9.80 Å². The molecule has 9 nitrogen and oxygen atoms in total. The molecule has 3 heterocycles. The van der Waals surface area contributed by atoms with Crippen molar-refractivity contribution >= 4 is 29.5 Å². The molecule has 4 rings (SSSR count). The molecule has 166 valence electrons. The molecule has 0 radical (unpaired) electrons. The van der Waals surface area contributed by atoms with Gasteiger partial charge in [0.2, 0.25) is 5.96 Å². The number of aliphatic imine (C=N–C) groups is 1. The molecule has 3 aliphatic rings. The van der Waals surface area contributed by atoms with Crippen molar-refractivity contribution in [3.05, 3.63) is 46.2 Å². The Balaban J connectivity index is 1.60. The number of allylic oxidation sites excluding steroid dienone is 2. The van der Waals surface area contributed by atoms with E-state index in [1.807, 2.05) is 41.8 Å². The number of rotatable bonds is 7. The molecule has 0 bridgehead atoms. The maximum absolute atomic E-state index is 13.5. The van der Waals surface area contributed by atoms with Crippen molar-refractivity contribution in [2.24, 2.45) is 4.99 Å². The lowest BCUT2D eigenvalue weighted by Gasteiger charge is -2.40. The van der Waals surface area contributed by atoms with Gasteiger partial charge in [-0.1, -0.05) is 29.8 Å². The van der Waals surface area contributed by atoms with E-state index in [0.717, 1.165) is 11.4 Å². The van der Waals surface area contributed by atoms with Crippen LogP contribution in [0.4, 0.5) is 4.79 Å². The number of hydrogen-bond acceptors (Lipinski definition) is 7. The number of aliphatic hydroxyl groups excluding tert-OH is 1. The summed E-state index contributed by atoms with van der Waals surface area (Å²) in [5.74, 6) is 0.350. The second kappa shape index (κ2) is 8.49. The van der Waals surface area contributed by atoms with Crippen LogP contribution in [-0.4, -0.2) is 88.2 Å². The van der Waals surface area contributed by atoms with E-state index in [1.54, 1.807) is 13.1 Å². The largest absolute Gasteiger partial charge is 0.394 e. The Morgan fingerprint density at radius 2 is 1.87 bits per heavy atom. The average molecular weight is 448 g/mol. The van der Waals surface area contributed by atoms with Crippen LogP contribution >= 0.6 is 11.6 Å². The molecule has 1 saturated heterocycles. The molecule has 1 aromatic rings. The Morgan fingerprint density at radius 3 is 2.58 bits per heavy atom. The lowest BCUT2D eigenvalue weighted by Crippen LogP contribution is -2.64. The molecule has 0 aliphatic carbocycles. The fourth-order valence-electron chi connectivity index (χ4n) is 4.21. The van der Waals surface area contributed by atoms with Crippen molar-refractivity contribution in [1.82, 2.24) is 19.6 Å². The minimum absolute atomic E-state index is 0.0340. The van der Waals surface area contributed by atoms with Crippen LogP contribution in [0.5, 0.6) is 0 Å². The van der Waals surface area contributed by atoms with Gasteiger partial charge in [-0.25, -0.2) is 9.79 Å². The van der Waals surface area contributed by atoms with E-state index in [0.29, 0.717) is 29.7 Å². The van der Waals surface area contributed by atoms with Crippen LogP contribution in [0, 0.1) is 0 Å². The maximum atomic E-state index is 13.5. The lowest BCUT2D eigenvalue weighted by atomic mass is 10.1. The summed E-state index contributed by atoms with van der Waals surface area (Å²) in [6.45, 7) is 5.21. The minimum atomic E-state index is -0.626. The van der Waals surface area contributed by atoms with Gasteiger partial charge in [0.15, 0.2) is 12.2 Å². The zero-order valence-electron chi connectivity index (χ0n) is 17.8. The number of nitrogens with zero attached hydrogens (tertiary/aromatic N) is 5. The van der Waals surface area contributed by atoms with E-state index in [4.69, 9.17) is 26.4 Å². The number of fused-ring (bicyclic) bond motifs is 3. The number of amides is 3. The second-order valence-corrected chi connectivity index (χ2v) is 8.13. The Labute approximate surface area is 186 Å². The van der Waals surface area contributed by atoms with Crippen molar-refractivity contribution in [3.8, 4) is 0 Å². The van der Waals surface area contributed by atoms with Gasteiger partial charge in [-0.3, -0.25) is 14.6 Å². The molecule has 1 aromatic carbocycles. The van der Waals surface area contributed by atoms with Crippen LogP contribution in [-0.2, 0) is 16.1 Å². The number of halogens is 1. The standard InChI is InChI=1S/C21H26ClN5O4/c1-13-14(2)27-17-18(23-20(27)25(13)8-10-31-11-9-28)24(3)21(30)26(19(17)29)12-15-6-4-5-7-16(15)22/h4-7,17-18,28H,8-12H2,1-3H3. The van der Waals surface area contributed by atoms with Crippen LogP contribution in [0.2, 0.25) is 5.02 Å². The number of likely N-dealkylation sites (N-methyl/N-ethyl adjacent to an activating group) is 1. The summed E-state index contributed by atoms with van der Waals surface area (Å²) in [6, 6.07) is 6.17. The number of imide groups is 1. The molecule has 0 spiro atoms.